The van der Waals surface area contributed by atoms with Crippen LogP contribution in [0.1, 0.15) is 19.3 Å². The number of nitrogens with zero attached hydrogens (tertiary/aromatic N) is 1. The van der Waals surface area contributed by atoms with Crippen molar-refractivity contribution >= 4 is 18.3 Å². The van der Waals surface area contributed by atoms with Crippen LogP contribution in [0.3, 0.4) is 0 Å². The first kappa shape index (κ1) is 13.7. The molecular weight excluding hydrogens is 228 g/mol. The molecule has 94 valence electrons. The molecule has 2 heterocycles. The first-order chi connectivity index (χ1) is 7.31. The van der Waals surface area contributed by atoms with Crippen molar-refractivity contribution in [1.29, 1.82) is 0 Å². The number of halogens is 1. The summed E-state index contributed by atoms with van der Waals surface area (Å²) in [6.07, 6.45) is 2.89. The van der Waals surface area contributed by atoms with Crippen molar-refractivity contribution in [3.05, 3.63) is 0 Å². The lowest BCUT2D eigenvalue weighted by atomic mass is 9.99. The largest absolute Gasteiger partial charge is 0.381 e. The predicted octanol–water partition coefficient (Wildman–Crippen LogP) is 0.655. The van der Waals surface area contributed by atoms with Gasteiger partial charge < -0.3 is 15.0 Å². The fraction of sp³-hybridized carbons (Fsp3) is 0.909. The van der Waals surface area contributed by atoms with Crippen molar-refractivity contribution < 1.29 is 9.53 Å². The Kier molecular flexibility index (Phi) is 5.52. The SMILES string of the molecule is CNC1CCN(C(=O)C2CCOCC2)C1.Cl. The molecule has 5 heteroatoms. The van der Waals surface area contributed by atoms with Crippen LogP contribution >= 0.6 is 12.4 Å². The van der Waals surface area contributed by atoms with Crippen molar-refractivity contribution in [2.45, 2.75) is 25.3 Å². The summed E-state index contributed by atoms with van der Waals surface area (Å²) in [6, 6.07) is 0.494. The highest BCUT2D eigenvalue weighted by atomic mass is 35.5. The Balaban J connectivity index is 0.00000128. The second-order valence-corrected chi connectivity index (χ2v) is 4.45. The van der Waals surface area contributed by atoms with E-state index in [-0.39, 0.29) is 18.3 Å². The molecule has 0 radical (unpaired) electrons. The van der Waals surface area contributed by atoms with Crippen LogP contribution in [0.2, 0.25) is 0 Å². The van der Waals surface area contributed by atoms with E-state index in [1.165, 1.54) is 0 Å². The van der Waals surface area contributed by atoms with Gasteiger partial charge in [0.25, 0.3) is 0 Å². The highest BCUT2D eigenvalue weighted by Crippen LogP contribution is 2.20. The third-order valence-corrected chi connectivity index (χ3v) is 3.48. The van der Waals surface area contributed by atoms with Crippen LogP contribution in [0.15, 0.2) is 0 Å². The van der Waals surface area contributed by atoms with Gasteiger partial charge in [0.15, 0.2) is 0 Å². The van der Waals surface area contributed by atoms with Gasteiger partial charge in [0.2, 0.25) is 5.91 Å². The molecule has 2 aliphatic rings. The van der Waals surface area contributed by atoms with Gasteiger partial charge in [0.1, 0.15) is 0 Å². The third-order valence-electron chi connectivity index (χ3n) is 3.48. The molecule has 2 rings (SSSR count). The first-order valence-corrected chi connectivity index (χ1v) is 5.85. The zero-order valence-electron chi connectivity index (χ0n) is 9.78. The van der Waals surface area contributed by atoms with E-state index in [0.717, 1.165) is 45.6 Å². The van der Waals surface area contributed by atoms with E-state index in [9.17, 15) is 4.79 Å². The molecule has 4 nitrogen and oxygen atoms in total. The van der Waals surface area contributed by atoms with Crippen LogP contribution in [-0.2, 0) is 9.53 Å². The molecule has 1 atom stereocenters. The average molecular weight is 249 g/mol. The quantitative estimate of drug-likeness (QED) is 0.781. The molecular formula is C11H21ClN2O2. The number of likely N-dealkylation sites (N-methyl/N-ethyl adjacent to an activating group) is 1. The zero-order valence-corrected chi connectivity index (χ0v) is 10.6. The van der Waals surface area contributed by atoms with Crippen LogP contribution in [0.25, 0.3) is 0 Å². The van der Waals surface area contributed by atoms with Crippen molar-refractivity contribution in [1.82, 2.24) is 10.2 Å². The summed E-state index contributed by atoms with van der Waals surface area (Å²) in [4.78, 5) is 14.1. The van der Waals surface area contributed by atoms with Crippen LogP contribution in [-0.4, -0.2) is 50.2 Å². The fourth-order valence-corrected chi connectivity index (χ4v) is 2.40. The number of ether oxygens (including phenoxy) is 1. The van der Waals surface area contributed by atoms with Crippen LogP contribution < -0.4 is 5.32 Å². The normalized spacial score (nSPS) is 26.6. The van der Waals surface area contributed by atoms with E-state index in [2.05, 4.69) is 5.32 Å². The van der Waals surface area contributed by atoms with Gasteiger partial charge in [-0.05, 0) is 26.3 Å². The molecule has 2 fully saturated rings. The van der Waals surface area contributed by atoms with Gasteiger partial charge in [-0.3, -0.25) is 4.79 Å². The van der Waals surface area contributed by atoms with Gasteiger partial charge in [-0.2, -0.15) is 0 Å². The Hall–Kier alpha value is -0.320. The van der Waals surface area contributed by atoms with Crippen molar-refractivity contribution in [3.63, 3.8) is 0 Å². The number of carbonyl (C=O) groups is 1. The lowest BCUT2D eigenvalue weighted by molar-refractivity contribution is -0.137. The van der Waals surface area contributed by atoms with Crippen molar-refractivity contribution in [2.24, 2.45) is 5.92 Å². The number of amides is 1. The summed E-state index contributed by atoms with van der Waals surface area (Å²) in [6.45, 7) is 3.30. The molecule has 0 aromatic carbocycles. The van der Waals surface area contributed by atoms with Gasteiger partial charge in [-0.25, -0.2) is 0 Å². The molecule has 1 unspecified atom stereocenters. The van der Waals surface area contributed by atoms with E-state index in [4.69, 9.17) is 4.74 Å². The Bertz CT molecular complexity index is 232. The Morgan fingerprint density at radius 3 is 2.56 bits per heavy atom. The van der Waals surface area contributed by atoms with E-state index in [1.54, 1.807) is 0 Å². The lowest BCUT2D eigenvalue weighted by Crippen LogP contribution is -2.39. The maximum atomic E-state index is 12.1. The minimum Gasteiger partial charge on any atom is -0.381 e. The summed E-state index contributed by atoms with van der Waals surface area (Å²) in [5.41, 5.74) is 0. The molecule has 2 aliphatic heterocycles. The van der Waals surface area contributed by atoms with E-state index >= 15 is 0 Å². The minimum absolute atomic E-state index is 0. The molecule has 0 spiro atoms. The first-order valence-electron chi connectivity index (χ1n) is 5.85. The Morgan fingerprint density at radius 2 is 2.00 bits per heavy atom. The maximum absolute atomic E-state index is 12.1. The standard InChI is InChI=1S/C11H20N2O2.ClH/c1-12-10-2-5-13(8-10)11(14)9-3-6-15-7-4-9;/h9-10,12H,2-8H2,1H3;1H. The van der Waals surface area contributed by atoms with Gasteiger partial charge >= 0.3 is 0 Å². The smallest absolute Gasteiger partial charge is 0.225 e. The van der Waals surface area contributed by atoms with Crippen molar-refractivity contribution in [2.75, 3.05) is 33.4 Å². The summed E-state index contributed by atoms with van der Waals surface area (Å²) in [5.74, 6) is 0.561. The van der Waals surface area contributed by atoms with Gasteiger partial charge in [-0.15, -0.1) is 12.4 Å². The summed E-state index contributed by atoms with van der Waals surface area (Å²) in [5, 5.41) is 3.23. The maximum Gasteiger partial charge on any atom is 0.225 e. The summed E-state index contributed by atoms with van der Waals surface area (Å²) >= 11 is 0. The molecule has 16 heavy (non-hydrogen) atoms. The fourth-order valence-electron chi connectivity index (χ4n) is 2.40. The topological polar surface area (TPSA) is 41.6 Å². The number of carbonyl (C=O) groups excluding carboxylic acids is 1. The van der Waals surface area contributed by atoms with Gasteiger partial charge in [0, 0.05) is 38.3 Å². The Labute approximate surface area is 103 Å². The molecule has 0 bridgehead atoms. The number of hydrogen-bond donors (Lipinski definition) is 1. The number of hydrogen-bond acceptors (Lipinski definition) is 3. The Morgan fingerprint density at radius 1 is 1.31 bits per heavy atom. The summed E-state index contributed by atoms with van der Waals surface area (Å²) in [7, 11) is 1.97. The average Bonchev–Trinajstić information content (AvgIpc) is 2.78. The molecule has 0 aromatic heterocycles. The van der Waals surface area contributed by atoms with Crippen LogP contribution in [0.5, 0.6) is 0 Å². The molecule has 2 saturated heterocycles. The minimum atomic E-state index is 0. The van der Waals surface area contributed by atoms with Gasteiger partial charge in [-0.1, -0.05) is 0 Å². The van der Waals surface area contributed by atoms with E-state index in [1.807, 2.05) is 11.9 Å². The van der Waals surface area contributed by atoms with Crippen molar-refractivity contribution in [3.8, 4) is 0 Å². The highest BCUT2D eigenvalue weighted by Gasteiger charge is 2.30. The van der Waals surface area contributed by atoms with Gasteiger partial charge in [0.05, 0.1) is 0 Å². The molecule has 0 aliphatic carbocycles. The van der Waals surface area contributed by atoms with Crippen LogP contribution in [0.4, 0.5) is 0 Å². The van der Waals surface area contributed by atoms with E-state index < -0.39 is 0 Å². The zero-order chi connectivity index (χ0) is 10.7. The van der Waals surface area contributed by atoms with E-state index in [0.29, 0.717) is 11.9 Å². The van der Waals surface area contributed by atoms with Crippen LogP contribution in [0, 0.1) is 5.92 Å². The third kappa shape index (κ3) is 3.09. The number of nitrogens with one attached hydrogen (secondary N) is 1. The molecule has 0 aromatic rings. The second kappa shape index (κ2) is 6.42. The number of rotatable bonds is 2. The predicted molar refractivity (Wildman–Crippen MR) is 64.8 cm³/mol. The molecule has 0 saturated carbocycles. The summed E-state index contributed by atoms with van der Waals surface area (Å²) < 4.78 is 5.27. The molecule has 1 amide bonds. The highest BCUT2D eigenvalue weighted by molar-refractivity contribution is 5.85. The lowest BCUT2D eigenvalue weighted by Gasteiger charge is -2.26. The molecule has 1 N–H and O–H groups in total. The number of likely N-dealkylation sites (tertiary alicyclic amines) is 1. The second-order valence-electron chi connectivity index (χ2n) is 4.45. The monoisotopic (exact) mass is 248 g/mol.